The molecule has 19 heavy (non-hydrogen) atoms. The van der Waals surface area contributed by atoms with Crippen LogP contribution in [0.1, 0.15) is 32.1 Å². The van der Waals surface area contributed by atoms with Crippen molar-refractivity contribution in [1.82, 2.24) is 5.32 Å². The zero-order valence-electron chi connectivity index (χ0n) is 11.2. The number of nitrogens with zero attached hydrogens (tertiary/aromatic N) is 1. The summed E-state index contributed by atoms with van der Waals surface area (Å²) in [6.45, 7) is 1.83. The van der Waals surface area contributed by atoms with E-state index in [1.54, 1.807) is 0 Å². The highest BCUT2D eigenvalue weighted by Gasteiger charge is 2.46. The number of halogens is 1. The van der Waals surface area contributed by atoms with Crippen LogP contribution in [0.25, 0.3) is 0 Å². The second-order valence-electron chi connectivity index (χ2n) is 5.71. The Bertz CT molecular complexity index is 374. The Morgan fingerprint density at radius 1 is 1.37 bits per heavy atom. The topological polar surface area (TPSA) is 59.9 Å². The van der Waals surface area contributed by atoms with Crippen molar-refractivity contribution in [2.45, 2.75) is 37.7 Å². The first-order valence-electron chi connectivity index (χ1n) is 6.76. The molecule has 0 aromatic heterocycles. The van der Waals surface area contributed by atoms with Crippen LogP contribution in [-0.2, 0) is 14.4 Å². The highest BCUT2D eigenvalue weighted by atomic mass is 35.5. The van der Waals surface area contributed by atoms with Crippen molar-refractivity contribution < 1.29 is 14.4 Å². The van der Waals surface area contributed by atoms with Crippen molar-refractivity contribution in [1.29, 1.82) is 0 Å². The van der Waals surface area contributed by atoms with Gasteiger partial charge in [0, 0.05) is 25.4 Å². The molecule has 2 aliphatic heterocycles. The molecule has 0 bridgehead atoms. The average Bonchev–Trinajstić information content (AvgIpc) is 2.83. The quantitative estimate of drug-likeness (QED) is 0.783. The maximum absolute atomic E-state index is 11.5. The third-order valence-electron chi connectivity index (χ3n) is 4.49. The van der Waals surface area contributed by atoms with Gasteiger partial charge < -0.3 is 14.9 Å². The Labute approximate surface area is 119 Å². The van der Waals surface area contributed by atoms with Crippen LogP contribution in [-0.4, -0.2) is 37.5 Å². The number of ether oxygens (including phenoxy) is 1. The van der Waals surface area contributed by atoms with Gasteiger partial charge in [0.15, 0.2) is 5.60 Å². The van der Waals surface area contributed by atoms with E-state index in [0.717, 1.165) is 45.2 Å². The standard InChI is InChI=1S/C13H20N2O3.ClH/c1-17-12(16)10-4-2-9(3-5-10)11-6-13(18-15-11)7-14-8-13;/h9-10,14H,2-8H2,1H3;1H/t9-,10-;. The van der Waals surface area contributed by atoms with Gasteiger partial charge in [-0.05, 0) is 25.7 Å². The first-order chi connectivity index (χ1) is 8.72. The normalized spacial score (nSPS) is 31.7. The van der Waals surface area contributed by atoms with Crippen LogP contribution in [0.5, 0.6) is 0 Å². The van der Waals surface area contributed by atoms with E-state index in [1.165, 1.54) is 12.8 Å². The molecule has 5 nitrogen and oxygen atoms in total. The molecule has 0 aromatic rings. The van der Waals surface area contributed by atoms with Crippen LogP contribution in [0, 0.1) is 11.8 Å². The van der Waals surface area contributed by atoms with Gasteiger partial charge in [0.1, 0.15) is 0 Å². The fourth-order valence-electron chi connectivity index (χ4n) is 3.19. The second-order valence-corrected chi connectivity index (χ2v) is 5.71. The number of hydrogen-bond donors (Lipinski definition) is 1. The van der Waals surface area contributed by atoms with Gasteiger partial charge in [-0.3, -0.25) is 4.79 Å². The van der Waals surface area contributed by atoms with Crippen molar-refractivity contribution in [3.63, 3.8) is 0 Å². The molecule has 3 aliphatic rings. The molecule has 1 spiro atoms. The molecule has 0 unspecified atom stereocenters. The van der Waals surface area contributed by atoms with Gasteiger partial charge in [0.25, 0.3) is 0 Å². The summed E-state index contributed by atoms with van der Waals surface area (Å²) in [5, 5.41) is 7.52. The molecule has 6 heteroatoms. The predicted molar refractivity (Wildman–Crippen MR) is 73.4 cm³/mol. The van der Waals surface area contributed by atoms with Crippen molar-refractivity contribution in [3.05, 3.63) is 0 Å². The Morgan fingerprint density at radius 2 is 2.05 bits per heavy atom. The van der Waals surface area contributed by atoms with Gasteiger partial charge >= 0.3 is 5.97 Å². The zero-order chi connectivity index (χ0) is 12.6. The van der Waals surface area contributed by atoms with Crippen LogP contribution in [0.3, 0.4) is 0 Å². The average molecular weight is 289 g/mol. The molecular formula is C13H21ClN2O3. The van der Waals surface area contributed by atoms with E-state index < -0.39 is 0 Å². The van der Waals surface area contributed by atoms with Gasteiger partial charge in [0.2, 0.25) is 0 Å². The fraction of sp³-hybridized carbons (Fsp3) is 0.846. The van der Waals surface area contributed by atoms with Crippen LogP contribution >= 0.6 is 12.4 Å². The van der Waals surface area contributed by atoms with E-state index in [0.29, 0.717) is 5.92 Å². The summed E-state index contributed by atoms with van der Waals surface area (Å²) in [5.41, 5.74) is 1.17. The summed E-state index contributed by atoms with van der Waals surface area (Å²) in [7, 11) is 1.47. The maximum Gasteiger partial charge on any atom is 0.308 e. The minimum Gasteiger partial charge on any atom is -0.469 e. The minimum atomic E-state index is -0.0577. The third-order valence-corrected chi connectivity index (χ3v) is 4.49. The lowest BCUT2D eigenvalue weighted by Crippen LogP contribution is -2.59. The van der Waals surface area contributed by atoms with Crippen molar-refractivity contribution in [3.8, 4) is 0 Å². The van der Waals surface area contributed by atoms with E-state index in [-0.39, 0.29) is 29.9 Å². The number of carbonyl (C=O) groups excluding carboxylic acids is 1. The lowest BCUT2D eigenvalue weighted by Gasteiger charge is -2.36. The number of oxime groups is 1. The van der Waals surface area contributed by atoms with E-state index in [9.17, 15) is 4.79 Å². The smallest absolute Gasteiger partial charge is 0.308 e. The molecule has 1 N–H and O–H groups in total. The maximum atomic E-state index is 11.5. The van der Waals surface area contributed by atoms with Gasteiger partial charge in [-0.25, -0.2) is 0 Å². The van der Waals surface area contributed by atoms with E-state index in [1.807, 2.05) is 0 Å². The summed E-state index contributed by atoms with van der Waals surface area (Å²) in [4.78, 5) is 17.0. The fourth-order valence-corrected chi connectivity index (χ4v) is 3.19. The van der Waals surface area contributed by atoms with Gasteiger partial charge in [0.05, 0.1) is 18.7 Å². The monoisotopic (exact) mass is 288 g/mol. The van der Waals surface area contributed by atoms with E-state index in [2.05, 4.69) is 10.5 Å². The molecular weight excluding hydrogens is 268 g/mol. The largest absolute Gasteiger partial charge is 0.469 e. The Balaban J connectivity index is 0.00000133. The van der Waals surface area contributed by atoms with E-state index >= 15 is 0 Å². The summed E-state index contributed by atoms with van der Waals surface area (Å²) < 4.78 is 4.81. The highest BCUT2D eigenvalue weighted by Crippen LogP contribution is 2.37. The van der Waals surface area contributed by atoms with Crippen LogP contribution in [0.2, 0.25) is 0 Å². The third kappa shape index (κ3) is 2.72. The predicted octanol–water partition coefficient (Wildman–Crippen LogP) is 1.51. The molecule has 2 fully saturated rings. The SMILES string of the molecule is COC(=O)[C@H]1CC[C@H](C2=NOC3(CNC3)C2)CC1.Cl. The zero-order valence-corrected chi connectivity index (χ0v) is 12.0. The van der Waals surface area contributed by atoms with Crippen LogP contribution in [0.4, 0.5) is 0 Å². The highest BCUT2D eigenvalue weighted by molar-refractivity contribution is 5.89. The number of nitrogens with one attached hydrogen (secondary N) is 1. The number of carbonyl (C=O) groups is 1. The van der Waals surface area contributed by atoms with Crippen LogP contribution < -0.4 is 5.32 Å². The van der Waals surface area contributed by atoms with Gasteiger partial charge in [-0.1, -0.05) is 5.16 Å². The van der Waals surface area contributed by atoms with Gasteiger partial charge in [-0.15, -0.1) is 12.4 Å². The molecule has 0 aromatic carbocycles. The Hall–Kier alpha value is -0.810. The first-order valence-corrected chi connectivity index (χ1v) is 6.76. The summed E-state index contributed by atoms with van der Waals surface area (Å²) in [6.07, 6.45) is 4.87. The van der Waals surface area contributed by atoms with Crippen LogP contribution in [0.15, 0.2) is 5.16 Å². The number of rotatable bonds is 2. The molecule has 3 rings (SSSR count). The molecule has 1 aliphatic carbocycles. The lowest BCUT2D eigenvalue weighted by atomic mass is 9.77. The first kappa shape index (κ1) is 14.6. The van der Waals surface area contributed by atoms with E-state index in [4.69, 9.17) is 9.57 Å². The Kier molecular flexibility index (Phi) is 4.36. The Morgan fingerprint density at radius 3 is 2.53 bits per heavy atom. The molecule has 0 amide bonds. The molecule has 0 atom stereocenters. The minimum absolute atomic E-state index is 0. The van der Waals surface area contributed by atoms with Crippen molar-refractivity contribution in [2.75, 3.05) is 20.2 Å². The summed E-state index contributed by atoms with van der Waals surface area (Å²) in [5.74, 6) is 0.539. The second kappa shape index (κ2) is 5.67. The number of hydrogen-bond acceptors (Lipinski definition) is 5. The molecule has 0 radical (unpaired) electrons. The van der Waals surface area contributed by atoms with Crippen molar-refractivity contribution in [2.24, 2.45) is 17.0 Å². The van der Waals surface area contributed by atoms with Crippen molar-refractivity contribution >= 4 is 24.1 Å². The lowest BCUT2D eigenvalue weighted by molar-refractivity contribution is -0.146. The summed E-state index contributed by atoms with van der Waals surface area (Å²) in [6, 6.07) is 0. The number of methoxy groups -OCH3 is 1. The molecule has 2 heterocycles. The molecule has 1 saturated carbocycles. The number of esters is 1. The molecule has 1 saturated heterocycles. The van der Waals surface area contributed by atoms with Gasteiger partial charge in [-0.2, -0.15) is 0 Å². The molecule has 108 valence electrons. The summed E-state index contributed by atoms with van der Waals surface area (Å²) >= 11 is 0.